The third kappa shape index (κ3) is 9.32. The number of benzene rings is 3. The molecule has 7 rings (SSSR count). The molecule has 2 fully saturated rings. The predicted molar refractivity (Wildman–Crippen MR) is 219 cm³/mol. The van der Waals surface area contributed by atoms with Crippen LogP contribution in [0.4, 0.5) is 30.4 Å². The Balaban J connectivity index is 0.890. The Kier molecular flexibility index (Phi) is 12.3. The number of imide groups is 2. The zero-order chi connectivity index (χ0) is 43.6. The first-order chi connectivity index (χ1) is 29.1. The molecule has 0 spiro atoms. The predicted octanol–water partition coefficient (Wildman–Crippen LogP) is 6.16. The molecule has 3 aromatic carbocycles. The van der Waals surface area contributed by atoms with Gasteiger partial charge in [-0.25, -0.2) is 9.97 Å². The molecular formula is C43H47F3N8O7. The van der Waals surface area contributed by atoms with Crippen LogP contribution in [0.5, 0.6) is 11.5 Å². The average molecular weight is 845 g/mol. The van der Waals surface area contributed by atoms with Crippen molar-refractivity contribution in [3.05, 3.63) is 76.6 Å². The van der Waals surface area contributed by atoms with Crippen LogP contribution in [-0.2, 0) is 20.6 Å². The van der Waals surface area contributed by atoms with Crippen LogP contribution in [0.3, 0.4) is 0 Å². The lowest BCUT2D eigenvalue weighted by Crippen LogP contribution is -2.54. The summed E-state index contributed by atoms with van der Waals surface area (Å²) in [5.74, 6) is -0.505. The highest BCUT2D eigenvalue weighted by Gasteiger charge is 2.45. The van der Waals surface area contributed by atoms with Crippen molar-refractivity contribution in [1.29, 1.82) is 0 Å². The molecule has 0 radical (unpaired) electrons. The quantitative estimate of drug-likeness (QED) is 0.0605. The van der Waals surface area contributed by atoms with E-state index < -0.39 is 47.5 Å². The number of alkyl halides is 3. The van der Waals surface area contributed by atoms with Crippen molar-refractivity contribution < 1.29 is 46.6 Å². The van der Waals surface area contributed by atoms with E-state index >= 15 is 0 Å². The van der Waals surface area contributed by atoms with Gasteiger partial charge in [-0.05, 0) is 75.1 Å². The number of nitrogens with two attached hydrogens (primary N) is 1. The fraction of sp³-hybridized carbons (Fsp3) is 0.419. The van der Waals surface area contributed by atoms with Crippen molar-refractivity contribution in [2.45, 2.75) is 89.6 Å². The number of carbonyl (C=O) groups is 5. The van der Waals surface area contributed by atoms with Gasteiger partial charge < -0.3 is 30.7 Å². The van der Waals surface area contributed by atoms with Gasteiger partial charge in [0.15, 0.2) is 11.5 Å². The number of anilines is 3. The first-order valence-corrected chi connectivity index (χ1v) is 20.2. The van der Waals surface area contributed by atoms with Crippen LogP contribution in [-0.4, -0.2) is 88.2 Å². The highest BCUT2D eigenvalue weighted by molar-refractivity contribution is 6.25. The number of methoxy groups -OCH3 is 1. The Morgan fingerprint density at radius 2 is 1.79 bits per heavy atom. The molecule has 0 bridgehead atoms. The van der Waals surface area contributed by atoms with Crippen molar-refractivity contribution in [1.82, 2.24) is 25.1 Å². The van der Waals surface area contributed by atoms with Crippen molar-refractivity contribution in [2.75, 3.05) is 43.1 Å². The molecule has 4 heterocycles. The molecule has 1 aromatic heterocycles. The molecule has 0 saturated carbocycles. The van der Waals surface area contributed by atoms with Crippen LogP contribution in [0.1, 0.15) is 102 Å². The molecule has 3 atom stereocenters. The minimum Gasteiger partial charge on any atom is -0.493 e. The molecule has 322 valence electrons. The number of hydrogen-bond acceptors (Lipinski definition) is 12. The Hall–Kier alpha value is -6.46. The number of halogens is 3. The number of amides is 5. The zero-order valence-electron chi connectivity index (χ0n) is 34.0. The van der Waals surface area contributed by atoms with Gasteiger partial charge in [-0.15, -0.1) is 0 Å². The standard InChI is InChI=1S/C43H47F3N8O7/c1-23(25-17-26(43(44,45)46)19-27(47)18-25)49-39-30-20-35(34(60-3)21-32(30)50-24(2)51-39)61-28-14-16-53(22-28)37(56)11-6-4-5-7-15-48-31-10-8-9-29-38(31)42(59)54(41(29)58)33-12-13-36(55)52-40(33)57/h8-10,17-21,23,28,33,48H,4-7,11-16,22,47H2,1-3H3,(H,49,50,51)(H,52,55,57)/t23-,28+,33?/m1/s1. The maximum absolute atomic E-state index is 13.5. The number of unbranched alkanes of at least 4 members (excludes halogenated alkanes) is 3. The summed E-state index contributed by atoms with van der Waals surface area (Å²) in [7, 11) is 1.51. The molecule has 61 heavy (non-hydrogen) atoms. The number of nitrogens with zero attached hydrogens (tertiary/aromatic N) is 4. The van der Waals surface area contributed by atoms with Crippen LogP contribution in [0.25, 0.3) is 10.9 Å². The smallest absolute Gasteiger partial charge is 0.416 e. The summed E-state index contributed by atoms with van der Waals surface area (Å²) in [4.78, 5) is 75.5. The second-order valence-corrected chi connectivity index (χ2v) is 15.5. The molecule has 4 aromatic rings. The number of rotatable bonds is 15. The summed E-state index contributed by atoms with van der Waals surface area (Å²) in [6.45, 7) is 4.87. The lowest BCUT2D eigenvalue weighted by atomic mass is 10.0. The molecule has 3 aliphatic rings. The van der Waals surface area contributed by atoms with Gasteiger partial charge in [0, 0.05) is 55.2 Å². The first-order valence-electron chi connectivity index (χ1n) is 20.2. The van der Waals surface area contributed by atoms with Gasteiger partial charge in [0.05, 0.1) is 41.9 Å². The highest BCUT2D eigenvalue weighted by Crippen LogP contribution is 2.38. The second-order valence-electron chi connectivity index (χ2n) is 15.5. The topological polar surface area (TPSA) is 198 Å². The zero-order valence-corrected chi connectivity index (χ0v) is 34.0. The number of likely N-dealkylation sites (tertiary alicyclic amines) is 1. The molecular weight excluding hydrogens is 798 g/mol. The molecule has 2 saturated heterocycles. The number of piperidine rings is 1. The number of ether oxygens (including phenoxy) is 2. The molecule has 3 aliphatic heterocycles. The number of aromatic nitrogens is 2. The van der Waals surface area contributed by atoms with Crippen LogP contribution in [0, 0.1) is 6.92 Å². The van der Waals surface area contributed by atoms with Crippen LogP contribution in [0.2, 0.25) is 0 Å². The fourth-order valence-electron chi connectivity index (χ4n) is 8.02. The minimum absolute atomic E-state index is 0.00657. The van der Waals surface area contributed by atoms with Crippen LogP contribution in [0.15, 0.2) is 48.5 Å². The first kappa shape index (κ1) is 42.7. The van der Waals surface area contributed by atoms with Gasteiger partial charge in [0.2, 0.25) is 17.7 Å². The SMILES string of the molecule is COc1cc2nc(C)nc(N[C@H](C)c3cc(N)cc(C(F)(F)F)c3)c2cc1O[C@H]1CCN(C(=O)CCCCCCNc2cccc3c2C(=O)N(C2CCC(=O)NC2=O)C3=O)C1. The molecule has 0 aliphatic carbocycles. The fourth-order valence-corrected chi connectivity index (χ4v) is 8.02. The number of nitrogens with one attached hydrogen (secondary N) is 3. The van der Waals surface area contributed by atoms with Gasteiger partial charge in [-0.3, -0.25) is 34.2 Å². The Morgan fingerprint density at radius 1 is 1.00 bits per heavy atom. The number of fused-ring (bicyclic) bond motifs is 2. The number of hydrogen-bond donors (Lipinski definition) is 4. The lowest BCUT2D eigenvalue weighted by Gasteiger charge is -2.27. The number of nitrogen functional groups attached to an aromatic ring is 1. The molecule has 1 unspecified atom stereocenters. The van der Waals surface area contributed by atoms with Gasteiger partial charge in [0.25, 0.3) is 11.8 Å². The summed E-state index contributed by atoms with van der Waals surface area (Å²) >= 11 is 0. The average Bonchev–Trinajstić information content (AvgIpc) is 3.78. The summed E-state index contributed by atoms with van der Waals surface area (Å²) in [5.41, 5.74) is 6.79. The van der Waals surface area contributed by atoms with E-state index in [1.165, 1.54) is 13.2 Å². The Morgan fingerprint density at radius 3 is 2.54 bits per heavy atom. The Labute approximate surface area is 349 Å². The number of carbonyl (C=O) groups excluding carboxylic acids is 5. The highest BCUT2D eigenvalue weighted by atomic mass is 19.4. The van der Waals surface area contributed by atoms with E-state index in [1.54, 1.807) is 49.1 Å². The second kappa shape index (κ2) is 17.6. The van der Waals surface area contributed by atoms with Crippen molar-refractivity contribution >= 4 is 57.6 Å². The van der Waals surface area contributed by atoms with E-state index in [0.717, 1.165) is 36.3 Å². The molecule has 18 heteroatoms. The number of aryl methyl sites for hydroxylation is 1. The summed E-state index contributed by atoms with van der Waals surface area (Å²) in [5, 5.41) is 9.25. The maximum atomic E-state index is 13.5. The molecule has 5 amide bonds. The summed E-state index contributed by atoms with van der Waals surface area (Å²) < 4.78 is 52.6. The largest absolute Gasteiger partial charge is 0.493 e. The van der Waals surface area contributed by atoms with Crippen molar-refractivity contribution in [3.8, 4) is 11.5 Å². The van der Waals surface area contributed by atoms with Gasteiger partial charge in [-0.2, -0.15) is 13.2 Å². The van der Waals surface area contributed by atoms with Gasteiger partial charge >= 0.3 is 6.18 Å². The van der Waals surface area contributed by atoms with Crippen molar-refractivity contribution in [2.24, 2.45) is 0 Å². The van der Waals surface area contributed by atoms with E-state index in [-0.39, 0.29) is 41.7 Å². The maximum Gasteiger partial charge on any atom is 0.416 e. The van der Waals surface area contributed by atoms with E-state index in [0.29, 0.717) is 84.2 Å². The molecule has 15 nitrogen and oxygen atoms in total. The van der Waals surface area contributed by atoms with E-state index in [1.807, 2.05) is 0 Å². The lowest BCUT2D eigenvalue weighted by molar-refractivity contribution is -0.138. The molecule has 5 N–H and O–H groups in total. The summed E-state index contributed by atoms with van der Waals surface area (Å²) in [6, 6.07) is 10.2. The van der Waals surface area contributed by atoms with E-state index in [2.05, 4.69) is 25.9 Å². The van der Waals surface area contributed by atoms with E-state index in [9.17, 15) is 37.1 Å². The van der Waals surface area contributed by atoms with Gasteiger partial charge in [0.1, 0.15) is 23.8 Å². The van der Waals surface area contributed by atoms with Gasteiger partial charge in [-0.1, -0.05) is 18.9 Å². The monoisotopic (exact) mass is 844 g/mol. The van der Waals surface area contributed by atoms with Crippen LogP contribution < -0.4 is 31.2 Å². The Bertz CT molecular complexity index is 2390. The van der Waals surface area contributed by atoms with Crippen molar-refractivity contribution in [3.63, 3.8) is 0 Å². The van der Waals surface area contributed by atoms with Crippen LogP contribution >= 0.6 is 0 Å². The normalized spacial score (nSPS) is 18.3. The third-order valence-electron chi connectivity index (χ3n) is 11.1. The minimum atomic E-state index is -4.56. The summed E-state index contributed by atoms with van der Waals surface area (Å²) in [6.07, 6.45) is -0.685. The third-order valence-corrected chi connectivity index (χ3v) is 11.1. The van der Waals surface area contributed by atoms with E-state index in [4.69, 9.17) is 15.2 Å².